The first-order valence-electron chi connectivity index (χ1n) is 7.66. The van der Waals surface area contributed by atoms with Gasteiger partial charge >= 0.3 is 5.97 Å². The van der Waals surface area contributed by atoms with Crippen LogP contribution in [0.5, 0.6) is 0 Å². The molecule has 0 saturated heterocycles. The van der Waals surface area contributed by atoms with Crippen molar-refractivity contribution in [2.24, 2.45) is 17.8 Å². The van der Waals surface area contributed by atoms with Crippen molar-refractivity contribution in [3.8, 4) is 0 Å². The van der Waals surface area contributed by atoms with Crippen LogP contribution in [0.4, 0.5) is 5.82 Å². The molecule has 2 N–H and O–H groups in total. The van der Waals surface area contributed by atoms with Gasteiger partial charge in [-0.25, -0.2) is 9.78 Å². The fourth-order valence-electron chi connectivity index (χ4n) is 4.18. The molecule has 3 unspecified atom stereocenters. The third-order valence-corrected chi connectivity index (χ3v) is 5.15. The topological polar surface area (TPSA) is 66.6 Å². The lowest BCUT2D eigenvalue weighted by Crippen LogP contribution is -2.21. The van der Waals surface area contributed by atoms with E-state index in [1.807, 2.05) is 18.2 Å². The average molecular weight is 285 g/mol. The molecule has 0 aromatic carbocycles. The fourth-order valence-corrected chi connectivity index (χ4v) is 4.18. The molecule has 2 aromatic rings. The van der Waals surface area contributed by atoms with E-state index in [2.05, 4.69) is 10.3 Å². The molecule has 2 bridgehead atoms. The molecule has 2 fully saturated rings. The predicted molar refractivity (Wildman–Crippen MR) is 79.6 cm³/mol. The van der Waals surface area contributed by atoms with Gasteiger partial charge < -0.3 is 10.4 Å². The highest BCUT2D eigenvalue weighted by Gasteiger charge is 2.39. The van der Waals surface area contributed by atoms with E-state index in [9.17, 15) is 9.90 Å². The van der Waals surface area contributed by atoms with Crippen molar-refractivity contribution in [3.05, 3.63) is 30.1 Å². The maximum Gasteiger partial charge on any atom is 0.356 e. The van der Waals surface area contributed by atoms with Gasteiger partial charge in [-0.1, -0.05) is 12.5 Å². The first-order chi connectivity index (χ1) is 10.2. The third kappa shape index (κ3) is 2.07. The smallest absolute Gasteiger partial charge is 0.356 e. The molecule has 2 aromatic heterocycles. The van der Waals surface area contributed by atoms with E-state index in [-0.39, 0.29) is 5.69 Å². The van der Waals surface area contributed by atoms with Crippen LogP contribution in [0, 0.1) is 17.8 Å². The molecule has 3 atom stereocenters. The van der Waals surface area contributed by atoms with Crippen LogP contribution in [0.3, 0.4) is 0 Å². The molecular weight excluding hydrogens is 266 g/mol. The Hall–Kier alpha value is -2.04. The summed E-state index contributed by atoms with van der Waals surface area (Å²) >= 11 is 0. The number of anilines is 1. The van der Waals surface area contributed by atoms with Crippen LogP contribution < -0.4 is 5.32 Å². The molecule has 5 nitrogen and oxygen atoms in total. The first kappa shape index (κ1) is 12.7. The number of carbonyl (C=O) groups is 1. The zero-order valence-electron chi connectivity index (χ0n) is 11.8. The summed E-state index contributed by atoms with van der Waals surface area (Å²) in [6.45, 7) is 0.839. The van der Waals surface area contributed by atoms with Gasteiger partial charge in [-0.15, -0.1) is 0 Å². The Morgan fingerprint density at radius 3 is 3.00 bits per heavy atom. The molecular formula is C16H19N3O2. The quantitative estimate of drug-likeness (QED) is 0.906. The number of nitrogens with zero attached hydrogens (tertiary/aromatic N) is 2. The van der Waals surface area contributed by atoms with Crippen molar-refractivity contribution in [1.82, 2.24) is 9.38 Å². The highest BCUT2D eigenvalue weighted by atomic mass is 16.4. The molecule has 0 radical (unpaired) electrons. The van der Waals surface area contributed by atoms with Crippen molar-refractivity contribution in [3.63, 3.8) is 0 Å². The van der Waals surface area contributed by atoms with Crippen LogP contribution in [0.1, 0.15) is 36.2 Å². The minimum atomic E-state index is -0.941. The second-order valence-electron chi connectivity index (χ2n) is 6.36. The second kappa shape index (κ2) is 4.76. The van der Waals surface area contributed by atoms with E-state index in [0.717, 1.165) is 18.4 Å². The second-order valence-corrected chi connectivity index (χ2v) is 6.36. The van der Waals surface area contributed by atoms with E-state index in [0.29, 0.717) is 17.4 Å². The monoisotopic (exact) mass is 285 g/mol. The number of aromatic carboxylic acids is 1. The zero-order chi connectivity index (χ0) is 14.4. The Kier molecular flexibility index (Phi) is 2.87. The molecule has 110 valence electrons. The van der Waals surface area contributed by atoms with E-state index in [1.165, 1.54) is 25.7 Å². The predicted octanol–water partition coefficient (Wildman–Crippen LogP) is 2.88. The third-order valence-electron chi connectivity index (χ3n) is 5.15. The first-order valence-corrected chi connectivity index (χ1v) is 7.66. The van der Waals surface area contributed by atoms with Gasteiger partial charge in [-0.2, -0.15) is 0 Å². The van der Waals surface area contributed by atoms with E-state index >= 15 is 0 Å². The number of rotatable bonds is 4. The van der Waals surface area contributed by atoms with Crippen LogP contribution in [-0.4, -0.2) is 27.0 Å². The Balaban J connectivity index is 1.58. The molecule has 2 aliphatic carbocycles. The summed E-state index contributed by atoms with van der Waals surface area (Å²) in [6.07, 6.45) is 7.12. The van der Waals surface area contributed by atoms with Crippen LogP contribution >= 0.6 is 0 Å². The van der Waals surface area contributed by atoms with Gasteiger partial charge in [-0.05, 0) is 49.1 Å². The van der Waals surface area contributed by atoms with Gasteiger partial charge in [0.1, 0.15) is 5.65 Å². The van der Waals surface area contributed by atoms with Crippen LogP contribution in [0.15, 0.2) is 24.4 Å². The number of fused-ring (bicyclic) bond motifs is 3. The van der Waals surface area contributed by atoms with Crippen molar-refractivity contribution in [2.45, 2.75) is 25.7 Å². The highest BCUT2D eigenvalue weighted by Crippen LogP contribution is 2.48. The van der Waals surface area contributed by atoms with Gasteiger partial charge in [-0.3, -0.25) is 4.40 Å². The summed E-state index contributed by atoms with van der Waals surface area (Å²) in [5.41, 5.74) is 0.902. The summed E-state index contributed by atoms with van der Waals surface area (Å²) in [5.74, 6) is 1.96. The highest BCUT2D eigenvalue weighted by molar-refractivity contribution is 5.92. The lowest BCUT2D eigenvalue weighted by Gasteiger charge is -2.21. The normalized spacial score (nSPS) is 27.3. The maximum atomic E-state index is 11.5. The number of aromatic nitrogens is 2. The van der Waals surface area contributed by atoms with Gasteiger partial charge in [0.15, 0.2) is 11.5 Å². The van der Waals surface area contributed by atoms with Crippen molar-refractivity contribution >= 4 is 17.4 Å². The van der Waals surface area contributed by atoms with Gasteiger partial charge in [0, 0.05) is 12.7 Å². The molecule has 5 heteroatoms. The van der Waals surface area contributed by atoms with Crippen LogP contribution in [0.2, 0.25) is 0 Å². The van der Waals surface area contributed by atoms with Crippen molar-refractivity contribution in [1.29, 1.82) is 0 Å². The van der Waals surface area contributed by atoms with Crippen molar-refractivity contribution < 1.29 is 9.90 Å². The largest absolute Gasteiger partial charge is 0.476 e. The number of imidazole rings is 1. The maximum absolute atomic E-state index is 11.5. The van der Waals surface area contributed by atoms with E-state index < -0.39 is 5.97 Å². The molecule has 2 aliphatic rings. The standard InChI is InChI=1S/C16H19N3O2/c20-16(21)14-15(18-13-3-1-2-6-19(13)14)17-9-12-8-10-4-5-11(12)7-10/h1-3,6,10-12,17H,4-5,7-9H2,(H,20,21). The van der Waals surface area contributed by atoms with Crippen LogP contribution in [0.25, 0.3) is 5.65 Å². The molecule has 2 heterocycles. The molecule has 21 heavy (non-hydrogen) atoms. The van der Waals surface area contributed by atoms with Gasteiger partial charge in [0.05, 0.1) is 0 Å². The average Bonchev–Trinajstić information content (AvgIpc) is 3.17. The van der Waals surface area contributed by atoms with Crippen molar-refractivity contribution in [2.75, 3.05) is 11.9 Å². The molecule has 2 saturated carbocycles. The summed E-state index contributed by atoms with van der Waals surface area (Å²) in [6, 6.07) is 5.52. The number of pyridine rings is 1. The van der Waals surface area contributed by atoms with Gasteiger partial charge in [0.25, 0.3) is 0 Å². The Morgan fingerprint density at radius 2 is 2.29 bits per heavy atom. The van der Waals surface area contributed by atoms with Gasteiger partial charge in [0.2, 0.25) is 0 Å². The summed E-state index contributed by atoms with van der Waals surface area (Å²) < 4.78 is 1.63. The minimum Gasteiger partial charge on any atom is -0.476 e. The molecule has 4 rings (SSSR count). The molecule has 0 spiro atoms. The van der Waals surface area contributed by atoms with Crippen LogP contribution in [-0.2, 0) is 0 Å². The number of nitrogens with one attached hydrogen (secondary N) is 1. The minimum absolute atomic E-state index is 0.230. The Bertz CT molecular complexity index is 694. The SMILES string of the molecule is O=C(O)c1c(NCC2CC3CCC2C3)nc2ccccn12. The Morgan fingerprint density at radius 1 is 1.38 bits per heavy atom. The van der Waals surface area contributed by atoms with E-state index in [1.54, 1.807) is 10.6 Å². The zero-order valence-corrected chi connectivity index (χ0v) is 11.8. The number of hydrogen-bond acceptors (Lipinski definition) is 3. The molecule has 0 amide bonds. The lowest BCUT2D eigenvalue weighted by molar-refractivity contribution is 0.0690. The number of hydrogen-bond donors (Lipinski definition) is 2. The summed E-state index contributed by atoms with van der Waals surface area (Å²) in [5, 5.41) is 12.7. The molecule has 0 aliphatic heterocycles. The summed E-state index contributed by atoms with van der Waals surface area (Å²) in [7, 11) is 0. The lowest BCUT2D eigenvalue weighted by atomic mass is 9.89. The number of carboxylic acid groups (broad SMARTS) is 1. The van der Waals surface area contributed by atoms with E-state index in [4.69, 9.17) is 0 Å². The summed E-state index contributed by atoms with van der Waals surface area (Å²) in [4.78, 5) is 15.9. The Labute approximate surface area is 123 Å². The number of carboxylic acids is 1. The fraction of sp³-hybridized carbons (Fsp3) is 0.500.